The van der Waals surface area contributed by atoms with Crippen molar-refractivity contribution in [2.45, 2.75) is 12.0 Å². The van der Waals surface area contributed by atoms with Crippen LogP contribution in [-0.2, 0) is 15.1 Å². The number of nitrogens with zero attached hydrogens (tertiary/aromatic N) is 1. The van der Waals surface area contributed by atoms with Gasteiger partial charge in [0, 0.05) is 12.0 Å². The van der Waals surface area contributed by atoms with Crippen LogP contribution in [0.15, 0.2) is 54.6 Å². The van der Waals surface area contributed by atoms with Crippen LogP contribution in [0, 0.1) is 0 Å². The number of fused-ring (bicyclic) bond motifs is 2. The van der Waals surface area contributed by atoms with Gasteiger partial charge in [-0.05, 0) is 18.2 Å². The fourth-order valence-corrected chi connectivity index (χ4v) is 3.59. The molecular weight excluding hydrogens is 374 g/mol. The van der Waals surface area contributed by atoms with Crippen molar-refractivity contribution < 1.29 is 23.9 Å². The monoisotopic (exact) mass is 395 g/mol. The Balaban J connectivity index is 1.36. The Morgan fingerprint density at radius 2 is 1.90 bits per heavy atom. The van der Waals surface area contributed by atoms with Crippen molar-refractivity contribution in [2.75, 3.05) is 26.3 Å². The zero-order chi connectivity index (χ0) is 20.3. The second kappa shape index (κ2) is 7.83. The maximum atomic E-state index is 13.1. The largest absolute Gasteiger partial charge is 0.493 e. The molecule has 8 heteroatoms. The molecule has 2 aliphatic rings. The Kier molecular flexibility index (Phi) is 5.07. The number of nitrogens with one attached hydrogen (secondary N) is 2. The molecule has 0 unspecified atom stereocenters. The first-order chi connectivity index (χ1) is 14.1. The zero-order valence-electron chi connectivity index (χ0n) is 15.7. The van der Waals surface area contributed by atoms with Crippen LogP contribution < -0.4 is 20.1 Å². The van der Waals surface area contributed by atoms with Gasteiger partial charge in [-0.15, -0.1) is 0 Å². The van der Waals surface area contributed by atoms with E-state index in [2.05, 4.69) is 10.6 Å². The van der Waals surface area contributed by atoms with Gasteiger partial charge in [0.15, 0.2) is 5.54 Å². The summed E-state index contributed by atoms with van der Waals surface area (Å²) in [5, 5.41) is 5.44. The minimum Gasteiger partial charge on any atom is -0.493 e. The maximum Gasteiger partial charge on any atom is 0.325 e. The van der Waals surface area contributed by atoms with Gasteiger partial charge in [-0.2, -0.15) is 0 Å². The molecule has 2 N–H and O–H groups in total. The molecular formula is C21H21N3O5. The number of hydrogen-bond acceptors (Lipinski definition) is 5. The summed E-state index contributed by atoms with van der Waals surface area (Å²) in [7, 11) is 0. The van der Waals surface area contributed by atoms with Crippen LogP contribution in [0.25, 0.3) is 0 Å². The van der Waals surface area contributed by atoms with Crippen LogP contribution in [0.5, 0.6) is 11.5 Å². The van der Waals surface area contributed by atoms with E-state index in [-0.39, 0.29) is 19.7 Å². The molecule has 1 saturated heterocycles. The highest BCUT2D eigenvalue weighted by molar-refractivity contribution is 6.09. The summed E-state index contributed by atoms with van der Waals surface area (Å²) in [4.78, 5) is 38.8. The molecule has 8 nitrogen and oxygen atoms in total. The van der Waals surface area contributed by atoms with Gasteiger partial charge in [0.25, 0.3) is 5.91 Å². The molecule has 0 saturated carbocycles. The molecule has 29 heavy (non-hydrogen) atoms. The van der Waals surface area contributed by atoms with Crippen molar-refractivity contribution in [1.82, 2.24) is 15.5 Å². The summed E-state index contributed by atoms with van der Waals surface area (Å²) in [6, 6.07) is 15.8. The predicted octanol–water partition coefficient (Wildman–Crippen LogP) is 1.41. The van der Waals surface area contributed by atoms with Crippen LogP contribution in [0.3, 0.4) is 0 Å². The van der Waals surface area contributed by atoms with Crippen LogP contribution >= 0.6 is 0 Å². The highest BCUT2D eigenvalue weighted by atomic mass is 16.5. The van der Waals surface area contributed by atoms with Gasteiger partial charge in [-0.25, -0.2) is 4.79 Å². The van der Waals surface area contributed by atoms with Crippen molar-refractivity contribution >= 4 is 17.8 Å². The number of amides is 4. The first-order valence-electron chi connectivity index (χ1n) is 9.41. The molecule has 1 atom stereocenters. The topological polar surface area (TPSA) is 97.0 Å². The van der Waals surface area contributed by atoms with Crippen molar-refractivity contribution in [3.8, 4) is 11.5 Å². The van der Waals surface area contributed by atoms with Crippen molar-refractivity contribution in [2.24, 2.45) is 0 Å². The molecule has 4 amide bonds. The fourth-order valence-electron chi connectivity index (χ4n) is 3.59. The normalized spacial score (nSPS) is 20.1. The number of hydrogen-bond donors (Lipinski definition) is 2. The maximum absolute atomic E-state index is 13.1. The number of urea groups is 1. The molecule has 0 bridgehead atoms. The van der Waals surface area contributed by atoms with Crippen LogP contribution in [0.2, 0.25) is 0 Å². The van der Waals surface area contributed by atoms with E-state index in [9.17, 15) is 14.4 Å². The Morgan fingerprint density at radius 1 is 1.14 bits per heavy atom. The number of benzene rings is 2. The van der Waals surface area contributed by atoms with E-state index in [1.807, 2.05) is 36.4 Å². The first-order valence-corrected chi connectivity index (χ1v) is 9.41. The lowest BCUT2D eigenvalue weighted by Crippen LogP contribution is -2.48. The van der Waals surface area contributed by atoms with Crippen LogP contribution in [0.4, 0.5) is 4.79 Å². The third-order valence-corrected chi connectivity index (χ3v) is 5.00. The second-order valence-electron chi connectivity index (χ2n) is 6.83. The average molecular weight is 395 g/mol. The minimum absolute atomic E-state index is 0.263. The van der Waals surface area contributed by atoms with E-state index >= 15 is 0 Å². The van der Waals surface area contributed by atoms with Gasteiger partial charge >= 0.3 is 6.03 Å². The standard InChI is InChI=1S/C21H21N3O5/c25-18(22-11-13-28-15-6-2-1-3-7-15)14-24-19(26)21(23-20(24)27)10-12-29-17-9-5-4-8-16(17)21/h1-9H,10-14H2,(H,22,25)(H,23,27)/t21-/m0/s1. The minimum atomic E-state index is -1.18. The molecule has 4 rings (SSSR count). The quantitative estimate of drug-likeness (QED) is 0.570. The van der Waals surface area contributed by atoms with Crippen LogP contribution in [0.1, 0.15) is 12.0 Å². The van der Waals surface area contributed by atoms with Gasteiger partial charge in [0.2, 0.25) is 5.91 Å². The smallest absolute Gasteiger partial charge is 0.325 e. The highest BCUT2D eigenvalue weighted by Gasteiger charge is 2.55. The lowest BCUT2D eigenvalue weighted by molar-refractivity contribution is -0.136. The third-order valence-electron chi connectivity index (χ3n) is 5.00. The molecule has 0 aromatic heterocycles. The Morgan fingerprint density at radius 3 is 2.72 bits per heavy atom. The predicted molar refractivity (Wildman–Crippen MR) is 103 cm³/mol. The van der Waals surface area contributed by atoms with E-state index in [0.29, 0.717) is 30.1 Å². The molecule has 1 fully saturated rings. The summed E-state index contributed by atoms with van der Waals surface area (Å²) in [6.45, 7) is 0.504. The summed E-state index contributed by atoms with van der Waals surface area (Å²) >= 11 is 0. The van der Waals surface area contributed by atoms with E-state index in [0.717, 1.165) is 4.90 Å². The Hall–Kier alpha value is -3.55. The van der Waals surface area contributed by atoms with Gasteiger partial charge in [-0.1, -0.05) is 36.4 Å². The highest BCUT2D eigenvalue weighted by Crippen LogP contribution is 2.40. The summed E-state index contributed by atoms with van der Waals surface area (Å²) in [5.41, 5.74) is -0.563. The SMILES string of the molecule is O=C(CN1C(=O)N[C@]2(CCOc3ccccc32)C1=O)NCCOc1ccccc1. The van der Waals surface area contributed by atoms with Gasteiger partial charge < -0.3 is 20.1 Å². The number of imide groups is 1. The molecule has 2 aromatic rings. The molecule has 2 heterocycles. The Labute approximate surface area is 167 Å². The number of carbonyl (C=O) groups is 3. The van der Waals surface area contributed by atoms with Crippen LogP contribution in [-0.4, -0.2) is 49.0 Å². The van der Waals surface area contributed by atoms with E-state index in [1.54, 1.807) is 18.2 Å². The van der Waals surface area contributed by atoms with Gasteiger partial charge in [0.1, 0.15) is 24.7 Å². The van der Waals surface area contributed by atoms with E-state index < -0.39 is 23.4 Å². The molecule has 1 spiro atoms. The first kappa shape index (κ1) is 18.8. The molecule has 0 aliphatic carbocycles. The number of ether oxygens (including phenoxy) is 2. The van der Waals surface area contributed by atoms with Crippen molar-refractivity contribution in [3.05, 3.63) is 60.2 Å². The lowest BCUT2D eigenvalue weighted by atomic mass is 9.84. The number of rotatable bonds is 6. The summed E-state index contributed by atoms with van der Waals surface area (Å²) in [6.07, 6.45) is 0.317. The molecule has 0 radical (unpaired) electrons. The third kappa shape index (κ3) is 3.61. The van der Waals surface area contributed by atoms with E-state index in [4.69, 9.17) is 9.47 Å². The van der Waals surface area contributed by atoms with Gasteiger partial charge in [-0.3, -0.25) is 14.5 Å². The number of para-hydroxylation sites is 2. The molecule has 2 aliphatic heterocycles. The zero-order valence-corrected chi connectivity index (χ0v) is 15.7. The van der Waals surface area contributed by atoms with Crippen molar-refractivity contribution in [3.63, 3.8) is 0 Å². The molecule has 150 valence electrons. The van der Waals surface area contributed by atoms with Crippen molar-refractivity contribution in [1.29, 1.82) is 0 Å². The van der Waals surface area contributed by atoms with E-state index in [1.165, 1.54) is 0 Å². The summed E-state index contributed by atoms with van der Waals surface area (Å²) in [5.74, 6) is 0.407. The molecule has 2 aromatic carbocycles. The average Bonchev–Trinajstić information content (AvgIpc) is 2.97. The number of carbonyl (C=O) groups excluding carboxylic acids is 3. The second-order valence-corrected chi connectivity index (χ2v) is 6.83. The van der Waals surface area contributed by atoms with Gasteiger partial charge in [0.05, 0.1) is 13.2 Å². The fraction of sp³-hybridized carbons (Fsp3) is 0.286. The lowest BCUT2D eigenvalue weighted by Gasteiger charge is -2.33. The Bertz CT molecular complexity index is 933. The summed E-state index contributed by atoms with van der Waals surface area (Å²) < 4.78 is 11.1.